The minimum atomic E-state index is 0.206. The van der Waals surface area contributed by atoms with Gasteiger partial charge < -0.3 is 9.47 Å². The van der Waals surface area contributed by atoms with Crippen molar-refractivity contribution in [3.8, 4) is 0 Å². The lowest BCUT2D eigenvalue weighted by Gasteiger charge is -2.27. The molecule has 2 nitrogen and oxygen atoms in total. The second kappa shape index (κ2) is 4.77. The van der Waals surface area contributed by atoms with Crippen LogP contribution in [0.15, 0.2) is 37.5 Å². The summed E-state index contributed by atoms with van der Waals surface area (Å²) in [5.41, 5.74) is 0. The van der Waals surface area contributed by atoms with Gasteiger partial charge in [-0.25, -0.2) is 0 Å². The van der Waals surface area contributed by atoms with Gasteiger partial charge in [0.15, 0.2) is 0 Å². The van der Waals surface area contributed by atoms with Crippen LogP contribution >= 0.6 is 0 Å². The van der Waals surface area contributed by atoms with Crippen LogP contribution in [-0.2, 0) is 9.47 Å². The van der Waals surface area contributed by atoms with Crippen molar-refractivity contribution in [2.24, 2.45) is 11.8 Å². The van der Waals surface area contributed by atoms with Crippen LogP contribution in [0, 0.1) is 11.8 Å². The van der Waals surface area contributed by atoms with Crippen LogP contribution in [0.2, 0.25) is 0 Å². The molecule has 0 N–H and O–H groups in total. The van der Waals surface area contributed by atoms with Crippen LogP contribution in [0.5, 0.6) is 0 Å². The van der Waals surface area contributed by atoms with Crippen LogP contribution in [0.1, 0.15) is 6.42 Å². The molecule has 0 saturated heterocycles. The van der Waals surface area contributed by atoms with Crippen molar-refractivity contribution >= 4 is 0 Å². The molecule has 0 aromatic rings. The summed E-state index contributed by atoms with van der Waals surface area (Å²) in [5.74, 6) is 1.06. The molecule has 0 aromatic heterocycles. The van der Waals surface area contributed by atoms with Gasteiger partial charge in [-0.05, 0) is 6.42 Å². The Labute approximate surface area is 91.3 Å². The Morgan fingerprint density at radius 3 is 1.87 bits per heavy atom. The largest absolute Gasteiger partial charge is 0.371 e. The van der Waals surface area contributed by atoms with Crippen LogP contribution in [-0.4, -0.2) is 25.4 Å². The third-order valence-corrected chi connectivity index (χ3v) is 3.13. The molecule has 82 valence electrons. The molecule has 1 fully saturated rings. The van der Waals surface area contributed by atoms with Gasteiger partial charge >= 0.3 is 0 Å². The summed E-state index contributed by atoms with van der Waals surface area (Å²) in [4.78, 5) is 0. The highest BCUT2D eigenvalue weighted by Gasteiger charge is 2.45. The fraction of sp³-hybridized carbons (Fsp3) is 0.538. The maximum Gasteiger partial charge on any atom is 0.0909 e. The van der Waals surface area contributed by atoms with Gasteiger partial charge in [-0.1, -0.05) is 24.3 Å². The average molecular weight is 206 g/mol. The van der Waals surface area contributed by atoms with Crippen molar-refractivity contribution in [3.05, 3.63) is 37.5 Å². The zero-order valence-electron chi connectivity index (χ0n) is 8.97. The van der Waals surface area contributed by atoms with Gasteiger partial charge in [0.05, 0.1) is 25.4 Å². The van der Waals surface area contributed by atoms with E-state index in [1.165, 1.54) is 6.42 Å². The van der Waals surface area contributed by atoms with Gasteiger partial charge in [0, 0.05) is 11.8 Å². The van der Waals surface area contributed by atoms with Gasteiger partial charge in [-0.3, -0.25) is 0 Å². The Morgan fingerprint density at radius 2 is 1.47 bits per heavy atom. The van der Waals surface area contributed by atoms with Crippen molar-refractivity contribution in [1.29, 1.82) is 0 Å². The molecule has 3 unspecified atom stereocenters. The molecule has 0 radical (unpaired) electrons. The Morgan fingerprint density at radius 1 is 1.00 bits per heavy atom. The Bertz CT molecular complexity index is 244. The van der Waals surface area contributed by atoms with Gasteiger partial charge in [-0.15, -0.1) is 13.2 Å². The zero-order chi connectivity index (χ0) is 10.7. The highest BCUT2D eigenvalue weighted by Crippen LogP contribution is 2.42. The summed E-state index contributed by atoms with van der Waals surface area (Å²) in [5, 5.41) is 0. The number of ether oxygens (including phenoxy) is 2. The molecule has 15 heavy (non-hydrogen) atoms. The molecular weight excluding hydrogens is 188 g/mol. The molecule has 2 aliphatic rings. The maximum absolute atomic E-state index is 5.77. The zero-order valence-corrected chi connectivity index (χ0v) is 8.97. The summed E-state index contributed by atoms with van der Waals surface area (Å²) in [6, 6.07) is 0. The third-order valence-electron chi connectivity index (χ3n) is 3.13. The standard InChI is InChI=1S/C13H18O2/c1-3-7-14-12-10-5-6-11(9-10)13(12)15-8-4-2/h3-6,10-13H,1-2,7-9H2/t10?,11?,12-,13?/m0/s1. The second-order valence-corrected chi connectivity index (χ2v) is 4.12. The number of rotatable bonds is 6. The van der Waals surface area contributed by atoms with Gasteiger partial charge in [0.2, 0.25) is 0 Å². The third kappa shape index (κ3) is 2.06. The van der Waals surface area contributed by atoms with E-state index in [1.807, 2.05) is 0 Å². The highest BCUT2D eigenvalue weighted by molar-refractivity contribution is 5.16. The van der Waals surface area contributed by atoms with Crippen molar-refractivity contribution in [2.45, 2.75) is 18.6 Å². The fourth-order valence-corrected chi connectivity index (χ4v) is 2.53. The summed E-state index contributed by atoms with van der Waals surface area (Å²) >= 11 is 0. The number of hydrogen-bond donors (Lipinski definition) is 0. The van der Waals surface area contributed by atoms with Crippen molar-refractivity contribution in [1.82, 2.24) is 0 Å². The van der Waals surface area contributed by atoms with E-state index in [2.05, 4.69) is 25.3 Å². The topological polar surface area (TPSA) is 18.5 Å². The van der Waals surface area contributed by atoms with E-state index >= 15 is 0 Å². The number of hydrogen-bond acceptors (Lipinski definition) is 2. The smallest absolute Gasteiger partial charge is 0.0909 e. The summed E-state index contributed by atoms with van der Waals surface area (Å²) < 4.78 is 11.5. The molecule has 4 atom stereocenters. The van der Waals surface area contributed by atoms with Crippen LogP contribution < -0.4 is 0 Å². The highest BCUT2D eigenvalue weighted by atomic mass is 16.5. The molecule has 2 aliphatic carbocycles. The van der Waals surface area contributed by atoms with Crippen molar-refractivity contribution in [2.75, 3.05) is 13.2 Å². The first kappa shape index (κ1) is 10.7. The first-order valence-corrected chi connectivity index (χ1v) is 5.50. The number of fused-ring (bicyclic) bond motifs is 2. The van der Waals surface area contributed by atoms with Gasteiger partial charge in [-0.2, -0.15) is 0 Å². The lowest BCUT2D eigenvalue weighted by Crippen LogP contribution is -2.35. The van der Waals surface area contributed by atoms with Crippen molar-refractivity contribution in [3.63, 3.8) is 0 Å². The maximum atomic E-state index is 5.77. The molecule has 0 aromatic carbocycles. The molecular formula is C13H18O2. The van der Waals surface area contributed by atoms with E-state index in [4.69, 9.17) is 9.47 Å². The lowest BCUT2D eigenvalue weighted by molar-refractivity contribution is -0.0626. The first-order valence-electron chi connectivity index (χ1n) is 5.50. The van der Waals surface area contributed by atoms with E-state index in [-0.39, 0.29) is 12.2 Å². The molecule has 0 heterocycles. The summed E-state index contributed by atoms with van der Waals surface area (Å²) in [7, 11) is 0. The predicted octanol–water partition coefficient (Wildman–Crippen LogP) is 2.33. The SMILES string of the molecule is C=CCOC1C2C=CC(C2)[C@@H]1OCC=C. The molecule has 0 aliphatic heterocycles. The van der Waals surface area contributed by atoms with Crippen LogP contribution in [0.25, 0.3) is 0 Å². The second-order valence-electron chi connectivity index (χ2n) is 4.12. The lowest BCUT2D eigenvalue weighted by atomic mass is 10.0. The van der Waals surface area contributed by atoms with Crippen molar-refractivity contribution < 1.29 is 9.47 Å². The molecule has 1 saturated carbocycles. The molecule has 0 amide bonds. The van der Waals surface area contributed by atoms with Gasteiger partial charge in [0.25, 0.3) is 0 Å². The molecule has 2 rings (SSSR count). The van der Waals surface area contributed by atoms with E-state index in [0.717, 1.165) is 0 Å². The fourth-order valence-electron chi connectivity index (χ4n) is 2.53. The summed E-state index contributed by atoms with van der Waals surface area (Å²) in [6.07, 6.45) is 9.68. The molecule has 2 bridgehead atoms. The Hall–Kier alpha value is -0.860. The van der Waals surface area contributed by atoms with E-state index in [0.29, 0.717) is 25.0 Å². The Kier molecular flexibility index (Phi) is 3.39. The van der Waals surface area contributed by atoms with E-state index in [9.17, 15) is 0 Å². The van der Waals surface area contributed by atoms with Crippen LogP contribution in [0.3, 0.4) is 0 Å². The minimum absolute atomic E-state index is 0.206. The summed E-state index contributed by atoms with van der Waals surface area (Å²) in [6.45, 7) is 8.56. The quantitative estimate of drug-likeness (QED) is 0.621. The molecule has 2 heteroatoms. The van der Waals surface area contributed by atoms with Gasteiger partial charge in [0.1, 0.15) is 0 Å². The monoisotopic (exact) mass is 206 g/mol. The normalized spacial score (nSPS) is 37.1. The van der Waals surface area contributed by atoms with E-state index in [1.54, 1.807) is 12.2 Å². The average Bonchev–Trinajstić information content (AvgIpc) is 2.83. The Balaban J connectivity index is 1.96. The van der Waals surface area contributed by atoms with Crippen LogP contribution in [0.4, 0.5) is 0 Å². The minimum Gasteiger partial charge on any atom is -0.371 e. The molecule has 0 spiro atoms. The predicted molar refractivity (Wildman–Crippen MR) is 60.6 cm³/mol. The first-order chi connectivity index (χ1) is 7.36. The van der Waals surface area contributed by atoms with E-state index < -0.39 is 0 Å².